The van der Waals surface area contributed by atoms with Crippen LogP contribution in [0.3, 0.4) is 0 Å². The molecule has 0 aliphatic carbocycles. The standard InChI is InChI=1S/C19H20N2O.C4H4O4/c1-14(19(22)16-8-3-2-4-9-16)20-13-17-12-11-15-7-5-6-10-18(15)21-17;5-3(6)1-2-4(7)8/h2-12,14,19-20,22H,13H2,1H3;1-2H,(H,5,6)(H,7,8)/b;2-1-. The van der Waals surface area contributed by atoms with Crippen LogP contribution >= 0.6 is 0 Å². The number of carboxylic acids is 2. The van der Waals surface area contributed by atoms with Crippen LogP contribution in [0, 0.1) is 0 Å². The second-order valence-corrected chi connectivity index (χ2v) is 6.53. The predicted octanol–water partition coefficient (Wildman–Crippen LogP) is 3.16. The van der Waals surface area contributed by atoms with Crippen LogP contribution in [0.2, 0.25) is 0 Å². The number of fused-ring (bicyclic) bond motifs is 1. The van der Waals surface area contributed by atoms with Crippen molar-refractivity contribution < 1.29 is 24.9 Å². The van der Waals surface area contributed by atoms with Crippen molar-refractivity contribution in [1.29, 1.82) is 0 Å². The molecule has 2 aromatic carbocycles. The van der Waals surface area contributed by atoms with Gasteiger partial charge in [-0.15, -0.1) is 0 Å². The summed E-state index contributed by atoms with van der Waals surface area (Å²) in [5, 5.41) is 30.5. The van der Waals surface area contributed by atoms with E-state index in [1.54, 1.807) is 0 Å². The molecule has 3 aromatic rings. The topological polar surface area (TPSA) is 120 Å². The normalized spacial score (nSPS) is 12.7. The maximum Gasteiger partial charge on any atom is 0.328 e. The summed E-state index contributed by atoms with van der Waals surface area (Å²) in [4.78, 5) is 23.7. The monoisotopic (exact) mass is 408 g/mol. The molecule has 0 fully saturated rings. The van der Waals surface area contributed by atoms with Crippen LogP contribution in [0.4, 0.5) is 0 Å². The lowest BCUT2D eigenvalue weighted by Gasteiger charge is -2.20. The molecule has 7 nitrogen and oxygen atoms in total. The van der Waals surface area contributed by atoms with Gasteiger partial charge in [-0.2, -0.15) is 0 Å². The van der Waals surface area contributed by atoms with E-state index in [1.807, 2.05) is 61.5 Å². The lowest BCUT2D eigenvalue weighted by molar-refractivity contribution is -0.134. The molecular weight excluding hydrogens is 384 g/mol. The third-order valence-electron chi connectivity index (χ3n) is 4.24. The molecule has 0 radical (unpaired) electrons. The van der Waals surface area contributed by atoms with E-state index in [2.05, 4.69) is 22.4 Å². The van der Waals surface area contributed by atoms with Crippen LogP contribution in [-0.4, -0.2) is 38.3 Å². The minimum atomic E-state index is -1.26. The predicted molar refractivity (Wildman–Crippen MR) is 114 cm³/mol. The number of hydrogen-bond acceptors (Lipinski definition) is 5. The third kappa shape index (κ3) is 7.46. The second kappa shape index (κ2) is 11.5. The Morgan fingerprint density at radius 1 is 0.933 bits per heavy atom. The molecule has 0 spiro atoms. The molecule has 0 aliphatic heterocycles. The van der Waals surface area contributed by atoms with Crippen molar-refractivity contribution in [3.63, 3.8) is 0 Å². The van der Waals surface area contributed by atoms with Gasteiger partial charge in [-0.1, -0.05) is 54.6 Å². The summed E-state index contributed by atoms with van der Waals surface area (Å²) >= 11 is 0. The number of carbonyl (C=O) groups is 2. The smallest absolute Gasteiger partial charge is 0.328 e. The maximum absolute atomic E-state index is 10.4. The number of pyridine rings is 1. The highest BCUT2D eigenvalue weighted by atomic mass is 16.4. The first-order chi connectivity index (χ1) is 14.4. The molecule has 0 bridgehead atoms. The van der Waals surface area contributed by atoms with Crippen molar-refractivity contribution in [2.75, 3.05) is 0 Å². The molecule has 0 amide bonds. The van der Waals surface area contributed by atoms with Crippen LogP contribution in [0.1, 0.15) is 24.3 Å². The number of carboxylic acid groups (broad SMARTS) is 2. The number of hydrogen-bond donors (Lipinski definition) is 4. The second-order valence-electron chi connectivity index (χ2n) is 6.53. The molecule has 0 saturated heterocycles. The number of nitrogens with zero attached hydrogens (tertiary/aromatic N) is 1. The van der Waals surface area contributed by atoms with Gasteiger partial charge in [0.05, 0.1) is 17.3 Å². The first kappa shape index (κ1) is 22.7. The average Bonchev–Trinajstić information content (AvgIpc) is 2.76. The molecular formula is C23H24N2O5. The summed E-state index contributed by atoms with van der Waals surface area (Å²) in [6.07, 6.45) is 0.589. The minimum Gasteiger partial charge on any atom is -0.478 e. The van der Waals surface area contributed by atoms with E-state index in [4.69, 9.17) is 10.2 Å². The number of aliphatic hydroxyl groups is 1. The highest BCUT2D eigenvalue weighted by Gasteiger charge is 2.15. The molecule has 4 N–H and O–H groups in total. The summed E-state index contributed by atoms with van der Waals surface area (Å²) < 4.78 is 0. The number of aliphatic carboxylic acids is 2. The van der Waals surface area contributed by atoms with Gasteiger partial charge >= 0.3 is 11.9 Å². The van der Waals surface area contributed by atoms with Gasteiger partial charge in [-0.3, -0.25) is 4.98 Å². The van der Waals surface area contributed by atoms with Gasteiger partial charge < -0.3 is 20.6 Å². The van der Waals surface area contributed by atoms with Gasteiger partial charge in [0.2, 0.25) is 0 Å². The van der Waals surface area contributed by atoms with Gasteiger partial charge in [0.15, 0.2) is 0 Å². The lowest BCUT2D eigenvalue weighted by Crippen LogP contribution is -2.32. The zero-order valence-electron chi connectivity index (χ0n) is 16.5. The molecule has 1 heterocycles. The molecule has 0 saturated carbocycles. The first-order valence-electron chi connectivity index (χ1n) is 9.32. The summed E-state index contributed by atoms with van der Waals surface area (Å²) in [6.45, 7) is 2.62. The molecule has 3 rings (SSSR count). The Morgan fingerprint density at radius 2 is 1.53 bits per heavy atom. The van der Waals surface area contributed by atoms with Crippen molar-refractivity contribution in [3.8, 4) is 0 Å². The largest absolute Gasteiger partial charge is 0.478 e. The van der Waals surface area contributed by atoms with Crippen molar-refractivity contribution in [3.05, 3.63) is 90.1 Å². The van der Waals surface area contributed by atoms with Crippen LogP contribution in [0.25, 0.3) is 10.9 Å². The highest BCUT2D eigenvalue weighted by Crippen LogP contribution is 2.17. The van der Waals surface area contributed by atoms with E-state index >= 15 is 0 Å². The maximum atomic E-state index is 10.4. The van der Waals surface area contributed by atoms with Gasteiger partial charge in [0.25, 0.3) is 0 Å². The SMILES string of the molecule is CC(NCc1ccc2ccccc2n1)C(O)c1ccccc1.O=C(O)/C=C\C(=O)O. The summed E-state index contributed by atoms with van der Waals surface area (Å²) in [5.41, 5.74) is 2.90. The first-order valence-corrected chi connectivity index (χ1v) is 9.32. The molecule has 30 heavy (non-hydrogen) atoms. The summed E-state index contributed by atoms with van der Waals surface area (Å²) in [7, 11) is 0. The molecule has 0 aliphatic rings. The number of para-hydroxylation sites is 1. The van der Waals surface area contributed by atoms with Gasteiger partial charge in [-0.25, -0.2) is 9.59 Å². The Balaban J connectivity index is 0.000000343. The van der Waals surface area contributed by atoms with E-state index in [0.717, 1.165) is 22.2 Å². The van der Waals surface area contributed by atoms with Crippen molar-refractivity contribution in [2.45, 2.75) is 25.6 Å². The zero-order valence-corrected chi connectivity index (χ0v) is 16.5. The molecule has 1 aromatic heterocycles. The Morgan fingerprint density at radius 3 is 2.17 bits per heavy atom. The quantitative estimate of drug-likeness (QED) is 0.443. The zero-order chi connectivity index (χ0) is 21.9. The number of aromatic nitrogens is 1. The fraction of sp³-hybridized carbons (Fsp3) is 0.174. The van der Waals surface area contributed by atoms with E-state index < -0.39 is 18.0 Å². The van der Waals surface area contributed by atoms with E-state index in [1.165, 1.54) is 0 Å². The van der Waals surface area contributed by atoms with Gasteiger partial charge in [0.1, 0.15) is 0 Å². The number of benzene rings is 2. The van der Waals surface area contributed by atoms with E-state index in [0.29, 0.717) is 18.7 Å². The summed E-state index contributed by atoms with van der Waals surface area (Å²) in [5.74, 6) is -2.51. The Hall–Kier alpha value is -3.55. The van der Waals surface area contributed by atoms with Crippen molar-refractivity contribution in [2.24, 2.45) is 0 Å². The number of nitrogens with one attached hydrogen (secondary N) is 1. The molecule has 2 unspecified atom stereocenters. The van der Waals surface area contributed by atoms with Crippen LogP contribution in [0.15, 0.2) is 78.9 Å². The van der Waals surface area contributed by atoms with Gasteiger partial charge in [-0.05, 0) is 24.6 Å². The van der Waals surface area contributed by atoms with E-state index in [9.17, 15) is 14.7 Å². The summed E-state index contributed by atoms with van der Waals surface area (Å²) in [6, 6.07) is 21.9. The van der Waals surface area contributed by atoms with Crippen LogP contribution in [0.5, 0.6) is 0 Å². The Kier molecular flexibility index (Phi) is 8.68. The van der Waals surface area contributed by atoms with Crippen molar-refractivity contribution in [1.82, 2.24) is 10.3 Å². The Labute approximate surface area is 174 Å². The molecule has 2 atom stereocenters. The minimum absolute atomic E-state index is 0.0457. The van der Waals surface area contributed by atoms with Gasteiger partial charge in [0, 0.05) is 30.1 Å². The molecule has 156 valence electrons. The fourth-order valence-corrected chi connectivity index (χ4v) is 2.67. The number of rotatable bonds is 7. The highest BCUT2D eigenvalue weighted by molar-refractivity contribution is 5.89. The fourth-order valence-electron chi connectivity index (χ4n) is 2.67. The van der Waals surface area contributed by atoms with Crippen LogP contribution < -0.4 is 5.32 Å². The van der Waals surface area contributed by atoms with E-state index in [-0.39, 0.29) is 6.04 Å². The lowest BCUT2D eigenvalue weighted by atomic mass is 10.0. The van der Waals surface area contributed by atoms with Crippen molar-refractivity contribution >= 4 is 22.8 Å². The third-order valence-corrected chi connectivity index (χ3v) is 4.24. The average molecular weight is 408 g/mol. The molecule has 7 heteroatoms. The Bertz CT molecular complexity index is 989. The number of aliphatic hydroxyl groups excluding tert-OH is 1. The van der Waals surface area contributed by atoms with Crippen LogP contribution in [-0.2, 0) is 16.1 Å².